The third-order valence-corrected chi connectivity index (χ3v) is 3.33. The Kier molecular flexibility index (Phi) is 3.17. The molecule has 5 nitrogen and oxygen atoms in total. The van der Waals surface area contributed by atoms with E-state index >= 15 is 0 Å². The van der Waals surface area contributed by atoms with Gasteiger partial charge in [0.15, 0.2) is 17.3 Å². The molecule has 102 valence electrons. The number of rotatable bonds is 2. The van der Waals surface area contributed by atoms with E-state index in [9.17, 15) is 0 Å². The van der Waals surface area contributed by atoms with Gasteiger partial charge in [-0.05, 0) is 0 Å². The lowest BCUT2D eigenvalue weighted by Gasteiger charge is -2.13. The van der Waals surface area contributed by atoms with Crippen molar-refractivity contribution in [3.63, 3.8) is 0 Å². The van der Waals surface area contributed by atoms with Gasteiger partial charge in [0.05, 0.1) is 17.6 Å². The highest BCUT2D eigenvalue weighted by Gasteiger charge is 2.31. The maximum atomic E-state index is 9.15. The van der Waals surface area contributed by atoms with E-state index in [2.05, 4.69) is 4.98 Å². The predicted molar refractivity (Wildman–Crippen MR) is 72.2 cm³/mol. The van der Waals surface area contributed by atoms with Crippen LogP contribution in [0.25, 0.3) is 11.0 Å². The van der Waals surface area contributed by atoms with E-state index < -0.39 is 3.79 Å². The molecule has 3 rings (SSSR count). The summed E-state index contributed by atoms with van der Waals surface area (Å²) in [5, 5.41) is 9.15. The Balaban J connectivity index is 2.25. The van der Waals surface area contributed by atoms with Gasteiger partial charge in [-0.25, -0.2) is 4.98 Å². The smallest absolute Gasteiger partial charge is 0.248 e. The molecular weight excluding hydrogens is 314 g/mol. The molecule has 1 aliphatic heterocycles. The number of fused-ring (bicyclic) bond motifs is 2. The van der Waals surface area contributed by atoms with Crippen molar-refractivity contribution in [1.82, 2.24) is 9.55 Å². The summed E-state index contributed by atoms with van der Waals surface area (Å²) in [5.74, 6) is 1.48. The molecule has 8 heteroatoms. The molecule has 0 radical (unpaired) electrons. The second kappa shape index (κ2) is 4.59. The number of aliphatic hydroxyl groups is 1. The predicted octanol–water partition coefficient (Wildman–Crippen LogP) is 2.58. The Morgan fingerprint density at radius 1 is 1.26 bits per heavy atom. The van der Waals surface area contributed by atoms with E-state index in [4.69, 9.17) is 49.4 Å². The van der Waals surface area contributed by atoms with Gasteiger partial charge in [0.25, 0.3) is 0 Å². The van der Waals surface area contributed by atoms with Gasteiger partial charge in [-0.2, -0.15) is 0 Å². The molecule has 0 saturated heterocycles. The minimum absolute atomic E-state index is 0.0896. The van der Waals surface area contributed by atoms with Crippen LogP contribution in [0.4, 0.5) is 0 Å². The molecule has 2 heterocycles. The molecule has 0 amide bonds. The summed E-state index contributed by atoms with van der Waals surface area (Å²) in [6, 6.07) is 3.49. The highest BCUT2D eigenvalue weighted by molar-refractivity contribution is 6.66. The molecule has 1 N–H and O–H groups in total. The first-order chi connectivity index (χ1) is 9.00. The maximum absolute atomic E-state index is 9.15. The molecule has 1 aromatic carbocycles. The summed E-state index contributed by atoms with van der Waals surface area (Å²) in [4.78, 5) is 4.30. The topological polar surface area (TPSA) is 56.5 Å². The third-order valence-electron chi connectivity index (χ3n) is 2.82. The van der Waals surface area contributed by atoms with Crippen LogP contribution >= 0.6 is 34.8 Å². The van der Waals surface area contributed by atoms with Crippen LogP contribution in [0.2, 0.25) is 0 Å². The number of alkyl halides is 3. The van der Waals surface area contributed by atoms with E-state index in [1.165, 1.54) is 0 Å². The van der Waals surface area contributed by atoms with Crippen molar-refractivity contribution in [3.05, 3.63) is 18.0 Å². The number of halogens is 3. The number of nitrogens with zero attached hydrogens (tertiary/aromatic N) is 2. The molecule has 1 aliphatic rings. The Bertz CT molecular complexity index is 636. The SMILES string of the molecule is OCCn1c(C(Cl)(Cl)Cl)nc2cc3c(cc21)OCO3. The lowest BCUT2D eigenvalue weighted by Crippen LogP contribution is -2.13. The average Bonchev–Trinajstić information content (AvgIpc) is 2.90. The molecule has 19 heavy (non-hydrogen) atoms. The first-order valence-electron chi connectivity index (χ1n) is 5.48. The van der Waals surface area contributed by atoms with E-state index in [-0.39, 0.29) is 25.8 Å². The molecule has 2 aromatic rings. The highest BCUT2D eigenvalue weighted by atomic mass is 35.6. The molecule has 0 bridgehead atoms. The zero-order valence-electron chi connectivity index (χ0n) is 9.57. The van der Waals surface area contributed by atoms with E-state index in [1.807, 2.05) is 0 Å². The van der Waals surface area contributed by atoms with Gasteiger partial charge < -0.3 is 19.1 Å². The van der Waals surface area contributed by atoms with Crippen LogP contribution < -0.4 is 9.47 Å². The number of aromatic nitrogens is 2. The van der Waals surface area contributed by atoms with Crippen LogP contribution in [-0.2, 0) is 10.3 Å². The first-order valence-corrected chi connectivity index (χ1v) is 6.62. The van der Waals surface area contributed by atoms with Gasteiger partial charge in [0.1, 0.15) is 0 Å². The molecule has 0 atom stereocenters. The first kappa shape index (κ1) is 13.1. The Morgan fingerprint density at radius 3 is 2.58 bits per heavy atom. The standard InChI is InChI=1S/C11H9Cl3N2O3/c12-11(13,14)10-15-6-3-8-9(19-5-18-8)4-7(6)16(10)1-2-17/h3-4,17H,1-2,5H2. The number of benzene rings is 1. The van der Waals surface area contributed by atoms with Crippen LogP contribution in [0.1, 0.15) is 5.82 Å². The Labute approximate surface area is 123 Å². The van der Waals surface area contributed by atoms with Crippen molar-refractivity contribution in [3.8, 4) is 11.5 Å². The van der Waals surface area contributed by atoms with Gasteiger partial charge in [0, 0.05) is 18.7 Å². The summed E-state index contributed by atoms with van der Waals surface area (Å²) < 4.78 is 10.6. The van der Waals surface area contributed by atoms with Crippen LogP contribution in [0.15, 0.2) is 12.1 Å². The minimum Gasteiger partial charge on any atom is -0.454 e. The van der Waals surface area contributed by atoms with E-state index in [0.717, 1.165) is 5.52 Å². The van der Waals surface area contributed by atoms with Crippen molar-refractivity contribution in [2.24, 2.45) is 0 Å². The third kappa shape index (κ3) is 2.21. The number of ether oxygens (including phenoxy) is 2. The fourth-order valence-corrected chi connectivity index (χ4v) is 2.49. The molecule has 0 saturated carbocycles. The second-order valence-corrected chi connectivity index (χ2v) is 6.28. The van der Waals surface area contributed by atoms with Gasteiger partial charge in [-0.15, -0.1) is 0 Å². The number of aliphatic hydroxyl groups excluding tert-OH is 1. The van der Waals surface area contributed by atoms with E-state index in [0.29, 0.717) is 17.0 Å². The number of hydrogen-bond acceptors (Lipinski definition) is 4. The maximum Gasteiger partial charge on any atom is 0.248 e. The lowest BCUT2D eigenvalue weighted by molar-refractivity contribution is 0.174. The molecule has 0 aliphatic carbocycles. The summed E-state index contributed by atoms with van der Waals surface area (Å²) in [6.07, 6.45) is 0. The zero-order valence-corrected chi connectivity index (χ0v) is 11.8. The Hall–Kier alpha value is -0.880. The second-order valence-electron chi connectivity index (χ2n) is 4.00. The molecule has 0 unspecified atom stereocenters. The quantitative estimate of drug-likeness (QED) is 0.863. The summed E-state index contributed by atoms with van der Waals surface area (Å²) in [7, 11) is 0. The molecule has 0 spiro atoms. The number of imidazole rings is 1. The fraction of sp³-hybridized carbons (Fsp3) is 0.364. The van der Waals surface area contributed by atoms with Crippen LogP contribution in [0.3, 0.4) is 0 Å². The summed E-state index contributed by atoms with van der Waals surface area (Å²) in [5.41, 5.74) is 1.35. The van der Waals surface area contributed by atoms with Gasteiger partial charge >= 0.3 is 0 Å². The van der Waals surface area contributed by atoms with Crippen LogP contribution in [0, 0.1) is 0 Å². The van der Waals surface area contributed by atoms with E-state index in [1.54, 1.807) is 16.7 Å². The van der Waals surface area contributed by atoms with Crippen LogP contribution in [0.5, 0.6) is 11.5 Å². The van der Waals surface area contributed by atoms with Crippen molar-refractivity contribution in [1.29, 1.82) is 0 Å². The largest absolute Gasteiger partial charge is 0.454 e. The van der Waals surface area contributed by atoms with Crippen molar-refractivity contribution >= 4 is 45.8 Å². The molecule has 1 aromatic heterocycles. The summed E-state index contributed by atoms with van der Waals surface area (Å²) >= 11 is 17.7. The van der Waals surface area contributed by atoms with Crippen molar-refractivity contribution in [2.45, 2.75) is 10.3 Å². The average molecular weight is 324 g/mol. The van der Waals surface area contributed by atoms with Gasteiger partial charge in [-0.1, -0.05) is 34.8 Å². The monoisotopic (exact) mass is 322 g/mol. The zero-order chi connectivity index (χ0) is 13.6. The van der Waals surface area contributed by atoms with Crippen molar-refractivity contribution in [2.75, 3.05) is 13.4 Å². The Morgan fingerprint density at radius 2 is 1.95 bits per heavy atom. The van der Waals surface area contributed by atoms with Gasteiger partial charge in [-0.3, -0.25) is 0 Å². The molecular formula is C11H9Cl3N2O3. The minimum atomic E-state index is -1.67. The summed E-state index contributed by atoms with van der Waals surface area (Å²) in [6.45, 7) is 0.367. The lowest BCUT2D eigenvalue weighted by atomic mass is 10.2. The van der Waals surface area contributed by atoms with Gasteiger partial charge in [0.2, 0.25) is 10.6 Å². The number of hydrogen-bond donors (Lipinski definition) is 1. The normalized spacial score (nSPS) is 14.3. The fourth-order valence-electron chi connectivity index (χ4n) is 2.06. The van der Waals surface area contributed by atoms with Crippen molar-refractivity contribution < 1.29 is 14.6 Å². The van der Waals surface area contributed by atoms with Crippen LogP contribution in [-0.4, -0.2) is 28.1 Å². The highest BCUT2D eigenvalue weighted by Crippen LogP contribution is 2.42. The molecule has 0 fully saturated rings.